The smallest absolute Gasteiger partial charge is 0.211 e. The fraction of sp³-hybridized carbons (Fsp3) is 0.548. The Morgan fingerprint density at radius 3 is 2.37 bits per heavy atom. The summed E-state index contributed by atoms with van der Waals surface area (Å²) in [6.45, 7) is 9.82. The Kier molecular flexibility index (Phi) is 13.8. The first-order valence-corrected chi connectivity index (χ1v) is 19.0. The van der Waals surface area contributed by atoms with Crippen LogP contribution in [-0.4, -0.2) is 83.8 Å². The summed E-state index contributed by atoms with van der Waals surface area (Å²) in [5.41, 5.74) is 1.81. The largest absolute Gasteiger partial charge is 1.00 e. The van der Waals surface area contributed by atoms with Crippen LogP contribution in [0.3, 0.4) is 0 Å². The first-order chi connectivity index (χ1) is 24.6. The van der Waals surface area contributed by atoms with E-state index in [9.17, 15) is 20.1 Å². The number of fused-ring (bicyclic) bond motifs is 3. The Balaban J connectivity index is 0.00000523. The number of quaternary nitrogens is 1. The van der Waals surface area contributed by atoms with Crippen LogP contribution >= 0.6 is 0 Å². The fourth-order valence-corrected chi connectivity index (χ4v) is 8.77. The van der Waals surface area contributed by atoms with Gasteiger partial charge in [0.05, 0.1) is 31.5 Å². The van der Waals surface area contributed by atoms with E-state index in [2.05, 4.69) is 48.7 Å². The van der Waals surface area contributed by atoms with Crippen LogP contribution in [0.4, 0.5) is 5.69 Å². The van der Waals surface area contributed by atoms with Crippen LogP contribution in [0.15, 0.2) is 72.8 Å². The molecule has 10 heteroatoms. The van der Waals surface area contributed by atoms with E-state index < -0.39 is 11.7 Å². The lowest BCUT2D eigenvalue weighted by atomic mass is 9.73. The number of phenolic OH excluding ortho intramolecular Hbond substituents is 1. The highest BCUT2D eigenvalue weighted by Gasteiger charge is 2.48. The minimum Gasteiger partial charge on any atom is -1.00 e. The van der Waals surface area contributed by atoms with Gasteiger partial charge in [-0.2, -0.15) is 0 Å². The van der Waals surface area contributed by atoms with Crippen molar-refractivity contribution in [2.75, 3.05) is 51.3 Å². The summed E-state index contributed by atoms with van der Waals surface area (Å²) in [6.07, 6.45) is 8.71. The second kappa shape index (κ2) is 17.9. The minimum absolute atomic E-state index is 0. The zero-order valence-electron chi connectivity index (χ0n) is 30.8. The van der Waals surface area contributed by atoms with Crippen LogP contribution in [0.25, 0.3) is 0 Å². The molecule has 3 saturated heterocycles. The van der Waals surface area contributed by atoms with Crippen molar-refractivity contribution < 1.29 is 51.1 Å². The molecule has 3 aromatic rings. The van der Waals surface area contributed by atoms with Crippen molar-refractivity contribution in [3.8, 4) is 11.5 Å². The van der Waals surface area contributed by atoms with E-state index in [-0.39, 0.29) is 46.0 Å². The minimum atomic E-state index is -0.936. The van der Waals surface area contributed by atoms with Gasteiger partial charge in [-0.05, 0) is 80.0 Å². The normalized spacial score (nSPS) is 23.6. The molecule has 0 aromatic heterocycles. The van der Waals surface area contributed by atoms with E-state index in [0.29, 0.717) is 37.6 Å². The molecule has 3 aromatic carbocycles. The van der Waals surface area contributed by atoms with Gasteiger partial charge < -0.3 is 56.9 Å². The molecule has 3 atom stereocenters. The van der Waals surface area contributed by atoms with Crippen LogP contribution in [0.5, 0.6) is 11.5 Å². The van der Waals surface area contributed by atoms with E-state index >= 15 is 0 Å². The van der Waals surface area contributed by atoms with Crippen LogP contribution < -0.4 is 32.4 Å². The number of carbonyl (C=O) groups is 1. The second-order valence-electron chi connectivity index (χ2n) is 16.0. The maximum absolute atomic E-state index is 12.2. The molecule has 1 amide bonds. The predicted molar refractivity (Wildman–Crippen MR) is 200 cm³/mol. The Labute approximate surface area is 320 Å². The van der Waals surface area contributed by atoms with Gasteiger partial charge in [0, 0.05) is 30.8 Å². The third kappa shape index (κ3) is 9.95. The molecule has 1 saturated carbocycles. The summed E-state index contributed by atoms with van der Waals surface area (Å²) in [5, 5.41) is 38.7. The van der Waals surface area contributed by atoms with Crippen LogP contribution in [0.2, 0.25) is 0 Å². The van der Waals surface area contributed by atoms with E-state index in [1.807, 2.05) is 30.3 Å². The fourth-order valence-electron chi connectivity index (χ4n) is 8.77. The number of carbonyl (C=O) groups excluding carboxylic acids is 1. The number of nitrogens with zero attached hydrogens (tertiary/aromatic N) is 1. The number of nitrogens with one attached hydrogen (secondary N) is 2. The average Bonchev–Trinajstić information content (AvgIpc) is 3.15. The quantitative estimate of drug-likeness (QED) is 0.0813. The SMILES string of the molecule is CC(C)(Cc1ccc(OCC[N+]23CCC(CC2)[C@@H](OC[C@@](O)(c2ccccc2)C2CCCCC2)C3)cc1)NC[C@H](O)c1ccc(O)c(NC=O)c1.[Br-]. The molecule has 0 unspecified atom stereocenters. The van der Waals surface area contributed by atoms with Crippen molar-refractivity contribution in [3.05, 3.63) is 89.5 Å². The lowest BCUT2D eigenvalue weighted by Gasteiger charge is -2.52. The first-order valence-electron chi connectivity index (χ1n) is 19.0. The molecular formula is C42H58BrN3O6. The van der Waals surface area contributed by atoms with Gasteiger partial charge in [-0.3, -0.25) is 4.79 Å². The Bertz CT molecular complexity index is 1560. The first kappa shape index (κ1) is 40.2. The van der Waals surface area contributed by atoms with Crippen molar-refractivity contribution >= 4 is 12.1 Å². The predicted octanol–water partition coefficient (Wildman–Crippen LogP) is 3.08. The molecule has 7 rings (SSSR count). The molecule has 5 N–H and O–H groups in total. The van der Waals surface area contributed by atoms with Crippen LogP contribution in [0.1, 0.15) is 81.6 Å². The molecule has 52 heavy (non-hydrogen) atoms. The number of benzene rings is 3. The zero-order chi connectivity index (χ0) is 35.9. The lowest BCUT2D eigenvalue weighted by molar-refractivity contribution is -0.946. The molecule has 9 nitrogen and oxygen atoms in total. The standard InChI is InChI=1S/C42H57N3O6.BrH/c1-41(2,44-27-39(48)33-15-18-38(47)37(25-33)43-30-46)26-31-13-16-36(17-14-31)50-24-23-45-21-19-32(20-22-45)40(28-45)51-29-42(49,34-9-5-3-6-10-34)35-11-7-4-8-12-35;/h3,5-6,9-10,13-18,25,30,32,35,39-40,44,48-49H,4,7-8,11-12,19-24,26-29H2,1-2H3,(H-,43,46,47);1H/t32?,39-,40-,42+,45?;/m0./s1. The second-order valence-corrected chi connectivity index (χ2v) is 16.0. The van der Waals surface area contributed by atoms with E-state index in [1.54, 1.807) is 12.1 Å². The van der Waals surface area contributed by atoms with E-state index in [1.165, 1.54) is 56.8 Å². The third-order valence-electron chi connectivity index (χ3n) is 11.9. The monoisotopic (exact) mass is 779 g/mol. The highest BCUT2D eigenvalue weighted by molar-refractivity contribution is 5.75. The molecule has 3 aliphatic heterocycles. The van der Waals surface area contributed by atoms with Crippen LogP contribution in [-0.2, 0) is 21.6 Å². The number of hydrogen-bond donors (Lipinski definition) is 5. The van der Waals surface area contributed by atoms with Crippen molar-refractivity contribution in [2.24, 2.45) is 11.8 Å². The molecular weight excluding hydrogens is 722 g/mol. The third-order valence-corrected chi connectivity index (χ3v) is 11.9. The number of ether oxygens (including phenoxy) is 2. The van der Waals surface area contributed by atoms with Crippen molar-refractivity contribution in [3.63, 3.8) is 0 Å². The summed E-state index contributed by atoms with van der Waals surface area (Å²) < 4.78 is 14.1. The highest BCUT2D eigenvalue weighted by Crippen LogP contribution is 2.42. The van der Waals surface area contributed by atoms with Gasteiger partial charge in [-0.15, -0.1) is 0 Å². The summed E-state index contributed by atoms with van der Waals surface area (Å²) in [4.78, 5) is 10.8. The van der Waals surface area contributed by atoms with Crippen molar-refractivity contribution in [1.82, 2.24) is 5.32 Å². The number of piperidine rings is 3. The number of aromatic hydroxyl groups is 1. The summed E-state index contributed by atoms with van der Waals surface area (Å²) in [5.74, 6) is 1.63. The molecule has 0 spiro atoms. The zero-order valence-corrected chi connectivity index (χ0v) is 32.4. The van der Waals surface area contributed by atoms with Gasteiger partial charge in [0.1, 0.15) is 42.9 Å². The molecule has 0 radical (unpaired) electrons. The van der Waals surface area contributed by atoms with Gasteiger partial charge in [0.15, 0.2) is 0 Å². The summed E-state index contributed by atoms with van der Waals surface area (Å²) >= 11 is 0. The Hall–Kier alpha value is -2.99. The summed E-state index contributed by atoms with van der Waals surface area (Å²) in [7, 11) is 0. The van der Waals surface area contributed by atoms with Gasteiger partial charge >= 0.3 is 0 Å². The molecule has 284 valence electrons. The lowest BCUT2D eigenvalue weighted by Crippen LogP contribution is -3.00. The number of halogens is 1. The van der Waals surface area contributed by atoms with Crippen molar-refractivity contribution in [1.29, 1.82) is 0 Å². The topological polar surface area (TPSA) is 120 Å². The van der Waals surface area contributed by atoms with Crippen molar-refractivity contribution in [2.45, 2.75) is 88.6 Å². The van der Waals surface area contributed by atoms with Gasteiger partial charge in [0.2, 0.25) is 6.41 Å². The van der Waals surface area contributed by atoms with E-state index in [4.69, 9.17) is 9.47 Å². The van der Waals surface area contributed by atoms with Gasteiger partial charge in [0.25, 0.3) is 0 Å². The molecule has 4 fully saturated rings. The number of β-amino-alcohol motifs (C(OH)–C–C–N with tert-alkyl or cyclic N) is 1. The molecule has 1 aliphatic carbocycles. The number of rotatable bonds is 17. The molecule has 2 bridgehead atoms. The highest BCUT2D eigenvalue weighted by atomic mass is 79.9. The number of phenols is 1. The average molecular weight is 781 g/mol. The maximum Gasteiger partial charge on any atom is 0.211 e. The number of aliphatic hydroxyl groups is 2. The Morgan fingerprint density at radius 1 is 0.962 bits per heavy atom. The van der Waals surface area contributed by atoms with Gasteiger partial charge in [-0.1, -0.05) is 67.8 Å². The number of anilines is 1. The molecule has 3 heterocycles. The van der Waals surface area contributed by atoms with Crippen LogP contribution in [0, 0.1) is 11.8 Å². The van der Waals surface area contributed by atoms with E-state index in [0.717, 1.165) is 48.1 Å². The number of hydrogen-bond acceptors (Lipinski definition) is 7. The summed E-state index contributed by atoms with van der Waals surface area (Å²) in [6, 6.07) is 23.2. The molecule has 4 aliphatic rings. The number of aliphatic hydroxyl groups excluding tert-OH is 1. The number of amides is 1. The Morgan fingerprint density at radius 2 is 1.67 bits per heavy atom. The maximum atomic E-state index is 12.2. The van der Waals surface area contributed by atoms with Gasteiger partial charge in [-0.25, -0.2) is 0 Å².